The molecule has 0 amide bonds. The van der Waals surface area contributed by atoms with Gasteiger partial charge in [0.2, 0.25) is 12.6 Å². The van der Waals surface area contributed by atoms with Crippen LogP contribution >= 0.6 is 0 Å². The third-order valence-corrected chi connectivity index (χ3v) is 4.43. The number of ketones is 1. The summed E-state index contributed by atoms with van der Waals surface area (Å²) in [6.07, 6.45) is 1.58. The van der Waals surface area contributed by atoms with Crippen LogP contribution in [-0.4, -0.2) is 43.6 Å². The molecule has 0 N–H and O–H groups in total. The highest BCUT2D eigenvalue weighted by molar-refractivity contribution is 6.24. The number of Topliss-reactive ketones (excluding diaryl/α,β-unsaturated/α-hetero) is 1. The molecule has 3 rings (SSSR count). The van der Waals surface area contributed by atoms with Gasteiger partial charge in [-0.05, 0) is 38.0 Å². The van der Waals surface area contributed by atoms with E-state index in [1.807, 2.05) is 11.9 Å². The van der Waals surface area contributed by atoms with Gasteiger partial charge in [0.05, 0.1) is 7.11 Å². The van der Waals surface area contributed by atoms with Crippen LogP contribution in [0, 0.1) is 0 Å². The van der Waals surface area contributed by atoms with Crippen LogP contribution in [0.3, 0.4) is 0 Å². The molecule has 1 atom stereocenters. The molecule has 6 heteroatoms. The molecular weight excluding hydrogens is 298 g/mol. The highest BCUT2D eigenvalue weighted by Crippen LogP contribution is 2.34. The van der Waals surface area contributed by atoms with Crippen LogP contribution in [-0.2, 0) is 9.53 Å². The van der Waals surface area contributed by atoms with Gasteiger partial charge < -0.3 is 19.1 Å². The molecule has 2 aliphatic heterocycles. The zero-order chi connectivity index (χ0) is 16.6. The Morgan fingerprint density at radius 2 is 2.00 bits per heavy atom. The van der Waals surface area contributed by atoms with Gasteiger partial charge in [-0.15, -0.1) is 0 Å². The van der Waals surface area contributed by atoms with Crippen LogP contribution in [0.25, 0.3) is 0 Å². The Bertz CT molecular complexity index is 694. The van der Waals surface area contributed by atoms with Crippen LogP contribution in [0.5, 0.6) is 11.5 Å². The van der Waals surface area contributed by atoms with Crippen LogP contribution in [0.1, 0.15) is 30.1 Å². The normalized spacial score (nSPS) is 21.3. The number of likely N-dealkylation sites (tertiary alicyclic amines) is 1. The smallest absolute Gasteiger partial charge is 0.343 e. The number of carbonyl (C=O) groups is 2. The number of rotatable bonds is 3. The third kappa shape index (κ3) is 2.65. The number of carbonyl (C=O) groups excluding carboxylic acids is 2. The molecule has 1 saturated heterocycles. The number of hydrogen-bond acceptors (Lipinski definition) is 6. The molecule has 0 aromatic heterocycles. The largest absolute Gasteiger partial charge is 0.465 e. The molecule has 0 bridgehead atoms. The summed E-state index contributed by atoms with van der Waals surface area (Å²) in [5.74, 6) is 0.147. The Hall–Kier alpha value is -2.50. The maximum atomic E-state index is 12.9. The molecule has 0 aliphatic carbocycles. The van der Waals surface area contributed by atoms with Crippen molar-refractivity contribution in [3.8, 4) is 11.5 Å². The summed E-state index contributed by atoms with van der Waals surface area (Å²) in [7, 11) is 3.18. The zero-order valence-corrected chi connectivity index (χ0v) is 13.4. The van der Waals surface area contributed by atoms with Gasteiger partial charge in [0.15, 0.2) is 11.5 Å². The summed E-state index contributed by atoms with van der Waals surface area (Å²) >= 11 is 0. The first-order valence-electron chi connectivity index (χ1n) is 7.51. The SMILES string of the molecule is COC(=O)/C(C(=O)c1ccc2c(c1)OCO2)=C1\CCC(C)N1C. The Kier molecular flexibility index (Phi) is 3.98. The topological polar surface area (TPSA) is 65.1 Å². The van der Waals surface area contributed by atoms with Crippen molar-refractivity contribution >= 4 is 11.8 Å². The quantitative estimate of drug-likeness (QED) is 0.280. The van der Waals surface area contributed by atoms with Crippen molar-refractivity contribution in [1.29, 1.82) is 0 Å². The van der Waals surface area contributed by atoms with Crippen molar-refractivity contribution in [2.45, 2.75) is 25.8 Å². The predicted molar refractivity (Wildman–Crippen MR) is 82.4 cm³/mol. The highest BCUT2D eigenvalue weighted by atomic mass is 16.7. The minimum absolute atomic E-state index is 0.0956. The van der Waals surface area contributed by atoms with Crippen LogP contribution < -0.4 is 9.47 Å². The lowest BCUT2D eigenvalue weighted by atomic mass is 10.00. The summed E-state index contributed by atoms with van der Waals surface area (Å²) in [4.78, 5) is 27.1. The van der Waals surface area contributed by atoms with E-state index in [1.165, 1.54) is 7.11 Å². The maximum absolute atomic E-state index is 12.9. The lowest BCUT2D eigenvalue weighted by molar-refractivity contribution is -0.135. The van der Waals surface area contributed by atoms with Gasteiger partial charge in [0, 0.05) is 24.4 Å². The van der Waals surface area contributed by atoms with Crippen LogP contribution in [0.15, 0.2) is 29.5 Å². The van der Waals surface area contributed by atoms with E-state index < -0.39 is 5.97 Å². The molecule has 1 aromatic rings. The average molecular weight is 317 g/mol. The van der Waals surface area contributed by atoms with E-state index in [9.17, 15) is 9.59 Å². The van der Waals surface area contributed by atoms with Crippen LogP contribution in [0.4, 0.5) is 0 Å². The first-order chi connectivity index (χ1) is 11.0. The average Bonchev–Trinajstić information content (AvgIpc) is 3.15. The summed E-state index contributed by atoms with van der Waals surface area (Å²) in [6, 6.07) is 5.20. The number of allylic oxidation sites excluding steroid dienone is 1. The Morgan fingerprint density at radius 3 is 2.65 bits per heavy atom. The van der Waals surface area contributed by atoms with Crippen molar-refractivity contribution in [3.05, 3.63) is 35.0 Å². The van der Waals surface area contributed by atoms with E-state index >= 15 is 0 Å². The minimum Gasteiger partial charge on any atom is -0.465 e. The fourth-order valence-electron chi connectivity index (χ4n) is 2.91. The standard InChI is InChI=1S/C17H19NO5/c1-10-4-6-12(18(10)2)15(17(20)21-3)16(19)11-5-7-13-14(8-11)23-9-22-13/h5,7-8,10H,4,6,9H2,1-3H3/b15-12+. The number of benzene rings is 1. The molecule has 0 spiro atoms. The highest BCUT2D eigenvalue weighted by Gasteiger charge is 2.32. The second kappa shape index (κ2) is 5.95. The molecule has 0 radical (unpaired) electrons. The Labute approximate surface area is 134 Å². The van der Waals surface area contributed by atoms with Crippen molar-refractivity contribution in [2.24, 2.45) is 0 Å². The zero-order valence-electron chi connectivity index (χ0n) is 13.4. The number of ether oxygens (including phenoxy) is 3. The number of methoxy groups -OCH3 is 1. The monoisotopic (exact) mass is 317 g/mol. The third-order valence-electron chi connectivity index (χ3n) is 4.43. The van der Waals surface area contributed by atoms with Gasteiger partial charge in [-0.3, -0.25) is 4.79 Å². The van der Waals surface area contributed by atoms with E-state index in [0.29, 0.717) is 23.5 Å². The van der Waals surface area contributed by atoms with Gasteiger partial charge in [0.1, 0.15) is 5.57 Å². The van der Waals surface area contributed by atoms with Gasteiger partial charge >= 0.3 is 5.97 Å². The molecule has 0 saturated carbocycles. The summed E-state index contributed by atoms with van der Waals surface area (Å²) in [5, 5.41) is 0. The second-order valence-electron chi connectivity index (χ2n) is 5.71. The lowest BCUT2D eigenvalue weighted by Gasteiger charge is -2.21. The molecule has 2 heterocycles. The van der Waals surface area contributed by atoms with Crippen molar-refractivity contribution in [2.75, 3.05) is 21.0 Å². The molecule has 122 valence electrons. The lowest BCUT2D eigenvalue weighted by Crippen LogP contribution is -2.26. The molecule has 1 unspecified atom stereocenters. The molecule has 1 aromatic carbocycles. The number of esters is 1. The van der Waals surface area contributed by atoms with Gasteiger partial charge in [-0.2, -0.15) is 0 Å². The summed E-state index contributed by atoms with van der Waals surface area (Å²) < 4.78 is 15.4. The van der Waals surface area contributed by atoms with Crippen molar-refractivity contribution in [3.63, 3.8) is 0 Å². The van der Waals surface area contributed by atoms with E-state index in [0.717, 1.165) is 12.1 Å². The molecule has 23 heavy (non-hydrogen) atoms. The van der Waals surface area contributed by atoms with Crippen molar-refractivity contribution < 1.29 is 23.8 Å². The second-order valence-corrected chi connectivity index (χ2v) is 5.71. The van der Waals surface area contributed by atoms with E-state index in [-0.39, 0.29) is 24.2 Å². The predicted octanol–water partition coefficient (Wildman–Crippen LogP) is 2.14. The Morgan fingerprint density at radius 1 is 1.26 bits per heavy atom. The van der Waals surface area contributed by atoms with E-state index in [4.69, 9.17) is 14.2 Å². The van der Waals surface area contributed by atoms with Crippen molar-refractivity contribution in [1.82, 2.24) is 4.90 Å². The van der Waals surface area contributed by atoms with E-state index in [2.05, 4.69) is 6.92 Å². The minimum atomic E-state index is -0.608. The fourth-order valence-corrected chi connectivity index (χ4v) is 2.91. The molecule has 6 nitrogen and oxygen atoms in total. The molecular formula is C17H19NO5. The number of hydrogen-bond donors (Lipinski definition) is 0. The van der Waals surface area contributed by atoms with Gasteiger partial charge in [-0.25, -0.2) is 4.79 Å². The summed E-state index contributed by atoms with van der Waals surface area (Å²) in [6.45, 7) is 2.20. The van der Waals surface area contributed by atoms with Gasteiger partial charge in [0.25, 0.3) is 0 Å². The van der Waals surface area contributed by atoms with Crippen LogP contribution in [0.2, 0.25) is 0 Å². The summed E-state index contributed by atoms with van der Waals surface area (Å²) in [5.41, 5.74) is 1.21. The van der Waals surface area contributed by atoms with Gasteiger partial charge in [-0.1, -0.05) is 0 Å². The first kappa shape index (κ1) is 15.4. The number of fused-ring (bicyclic) bond motifs is 1. The number of nitrogens with zero attached hydrogens (tertiary/aromatic N) is 1. The first-order valence-corrected chi connectivity index (χ1v) is 7.51. The Balaban J connectivity index is 2.02. The molecule has 2 aliphatic rings. The maximum Gasteiger partial charge on any atom is 0.343 e. The fraction of sp³-hybridized carbons (Fsp3) is 0.412. The van der Waals surface area contributed by atoms with E-state index in [1.54, 1.807) is 18.2 Å². The molecule has 1 fully saturated rings.